The number of hydrogen-bond acceptors (Lipinski definition) is 4. The maximum atomic E-state index is 10.6. The van der Waals surface area contributed by atoms with E-state index in [1.165, 1.54) is 27.4 Å². The van der Waals surface area contributed by atoms with E-state index in [0.29, 0.717) is 0 Å². The van der Waals surface area contributed by atoms with Crippen molar-refractivity contribution in [3.8, 4) is 5.69 Å². The van der Waals surface area contributed by atoms with Gasteiger partial charge in [0, 0.05) is 22.7 Å². The lowest BCUT2D eigenvalue weighted by Crippen LogP contribution is -2.49. The number of benzene rings is 4. The molecule has 0 aliphatic carbocycles. The van der Waals surface area contributed by atoms with Crippen molar-refractivity contribution in [1.29, 1.82) is 0 Å². The lowest BCUT2D eigenvalue weighted by molar-refractivity contribution is -0.0893. The van der Waals surface area contributed by atoms with Gasteiger partial charge >= 0.3 is 7.48 Å². The second kappa shape index (κ2) is 10.4. The number of para-hydroxylation sites is 2. The van der Waals surface area contributed by atoms with E-state index in [9.17, 15) is 5.11 Å². The van der Waals surface area contributed by atoms with Gasteiger partial charge in [-0.25, -0.2) is 0 Å². The summed E-state index contributed by atoms with van der Waals surface area (Å²) in [5, 5.41) is 13.0. The number of rotatable bonds is 7. The lowest BCUT2D eigenvalue weighted by Gasteiger charge is -2.37. The Morgan fingerprint density at radius 2 is 1.53 bits per heavy atom. The van der Waals surface area contributed by atoms with Gasteiger partial charge in [-0.3, -0.25) is 4.99 Å². The molecule has 43 heavy (non-hydrogen) atoms. The molecule has 3 heterocycles. The van der Waals surface area contributed by atoms with Crippen molar-refractivity contribution in [2.45, 2.75) is 51.0 Å². The first-order valence-corrected chi connectivity index (χ1v) is 14.8. The van der Waals surface area contributed by atoms with Gasteiger partial charge in [-0.05, 0) is 75.2 Å². The highest BCUT2D eigenvalue weighted by atomic mass is 16.5. The first-order chi connectivity index (χ1) is 20.7. The minimum Gasteiger partial charge on any atom is -0.427 e. The number of aromatic nitrogens is 1. The maximum absolute atomic E-state index is 10.6. The molecule has 0 amide bonds. The van der Waals surface area contributed by atoms with Gasteiger partial charge in [0.1, 0.15) is 11.9 Å². The number of aliphatic imine (C=N–C) groups is 1. The second-order valence-electron chi connectivity index (χ2n) is 12.4. The first-order valence-electron chi connectivity index (χ1n) is 14.8. The molecule has 0 bridgehead atoms. The number of fused-ring (bicyclic) bond motifs is 4. The van der Waals surface area contributed by atoms with Gasteiger partial charge in [0.15, 0.2) is 0 Å². The van der Waals surface area contributed by atoms with Crippen LogP contribution in [0.3, 0.4) is 0 Å². The molecule has 2 atom stereocenters. The van der Waals surface area contributed by atoms with Gasteiger partial charge in [-0.2, -0.15) is 0 Å². The summed E-state index contributed by atoms with van der Waals surface area (Å²) in [4.78, 5) is 7.52. The Kier molecular flexibility index (Phi) is 6.64. The summed E-state index contributed by atoms with van der Waals surface area (Å²) < 4.78 is 8.45. The van der Waals surface area contributed by atoms with Crippen LogP contribution in [-0.4, -0.2) is 39.1 Å². The van der Waals surface area contributed by atoms with Gasteiger partial charge in [0.05, 0.1) is 28.3 Å². The van der Waals surface area contributed by atoms with Crippen molar-refractivity contribution in [3.05, 3.63) is 133 Å². The Morgan fingerprint density at radius 3 is 2.35 bits per heavy atom. The zero-order valence-electron chi connectivity index (χ0n) is 25.0. The number of amidine groups is 1. The fourth-order valence-electron chi connectivity index (χ4n) is 5.96. The molecule has 2 aliphatic rings. The summed E-state index contributed by atoms with van der Waals surface area (Å²) in [6.45, 7) is 7.32. The van der Waals surface area contributed by atoms with Crippen LogP contribution in [0.25, 0.3) is 27.5 Å². The van der Waals surface area contributed by atoms with E-state index in [2.05, 4.69) is 119 Å². The summed E-state index contributed by atoms with van der Waals surface area (Å²) >= 11 is 0. The molecule has 5 aromatic rings. The number of allylic oxidation sites excluding steroid dienone is 2. The molecular formula is C37H35BN3O2. The standard InChI is InChI=1S/C37H35BN3O2/c1-36(2,42)37(3,4)43-38-27-14-12-13-25(23-27)34-35(40-22-11-10-19-33(40)39-34)26-20-21-30-29-17-8-9-18-31(29)41(32(30)24-26)28-15-6-5-7-16-28/h5-24,34-35,42H,1-4H3. The van der Waals surface area contributed by atoms with Crippen molar-refractivity contribution in [3.63, 3.8) is 0 Å². The summed E-state index contributed by atoms with van der Waals surface area (Å²) in [6, 6.07) is 34.3. The average molecular weight is 565 g/mol. The van der Waals surface area contributed by atoms with Gasteiger partial charge in [-0.15, -0.1) is 0 Å². The zero-order chi connectivity index (χ0) is 29.8. The van der Waals surface area contributed by atoms with Crippen molar-refractivity contribution < 1.29 is 9.76 Å². The second-order valence-corrected chi connectivity index (χ2v) is 12.4. The monoisotopic (exact) mass is 564 g/mol. The smallest absolute Gasteiger partial charge is 0.330 e. The lowest BCUT2D eigenvalue weighted by atomic mass is 9.81. The van der Waals surface area contributed by atoms with Gasteiger partial charge in [0.25, 0.3) is 0 Å². The largest absolute Gasteiger partial charge is 0.427 e. The molecule has 0 saturated carbocycles. The zero-order valence-corrected chi connectivity index (χ0v) is 25.0. The summed E-state index contributed by atoms with van der Waals surface area (Å²) in [5.41, 5.74) is 5.01. The SMILES string of the molecule is CC(C)(O)C(C)(C)O[B]c1cccc(C2N=C3C=CC=CN3C2c2ccc3c4ccccc4n(-c4ccccc4)c3c2)c1. The highest BCUT2D eigenvalue weighted by Gasteiger charge is 2.38. The van der Waals surface area contributed by atoms with Crippen LogP contribution < -0.4 is 5.46 Å². The van der Waals surface area contributed by atoms with E-state index in [1.54, 1.807) is 21.3 Å². The quantitative estimate of drug-likeness (QED) is 0.213. The minimum atomic E-state index is -0.994. The van der Waals surface area contributed by atoms with Crippen LogP contribution in [0.2, 0.25) is 0 Å². The summed E-state index contributed by atoms with van der Waals surface area (Å²) in [7, 11) is 1.75. The topological polar surface area (TPSA) is 50.0 Å². The van der Waals surface area contributed by atoms with Crippen molar-refractivity contribution in [2.75, 3.05) is 0 Å². The van der Waals surface area contributed by atoms with Gasteiger partial charge in [-0.1, -0.05) is 84.3 Å². The highest BCUT2D eigenvalue weighted by Crippen LogP contribution is 2.44. The van der Waals surface area contributed by atoms with Crippen LogP contribution in [0.4, 0.5) is 0 Å². The summed E-state index contributed by atoms with van der Waals surface area (Å²) in [6.07, 6.45) is 8.33. The maximum Gasteiger partial charge on any atom is 0.330 e. The fraction of sp³-hybridized carbons (Fsp3) is 0.216. The molecule has 213 valence electrons. The number of hydrogen-bond donors (Lipinski definition) is 1. The molecule has 7 rings (SSSR count). The molecule has 6 heteroatoms. The van der Waals surface area contributed by atoms with Crippen LogP contribution in [-0.2, 0) is 4.65 Å². The third kappa shape index (κ3) is 4.81. The Labute approximate surface area is 253 Å². The van der Waals surface area contributed by atoms with Crippen LogP contribution in [0.1, 0.15) is 50.9 Å². The Bertz CT molecular complexity index is 1910. The van der Waals surface area contributed by atoms with Crippen LogP contribution in [0.5, 0.6) is 0 Å². The van der Waals surface area contributed by atoms with E-state index in [-0.39, 0.29) is 12.1 Å². The minimum absolute atomic E-state index is 0.0215. The van der Waals surface area contributed by atoms with E-state index in [0.717, 1.165) is 22.5 Å². The Balaban J connectivity index is 1.32. The Morgan fingerprint density at radius 1 is 0.767 bits per heavy atom. The van der Waals surface area contributed by atoms with E-state index in [1.807, 2.05) is 26.0 Å². The van der Waals surface area contributed by atoms with Crippen LogP contribution in [0.15, 0.2) is 126 Å². The third-order valence-corrected chi connectivity index (χ3v) is 9.01. The van der Waals surface area contributed by atoms with Gasteiger partial charge < -0.3 is 19.2 Å². The highest BCUT2D eigenvalue weighted by molar-refractivity contribution is 6.47. The van der Waals surface area contributed by atoms with Crippen LogP contribution >= 0.6 is 0 Å². The normalized spacial score (nSPS) is 18.3. The molecule has 1 radical (unpaired) electrons. The number of aliphatic hydroxyl groups is 1. The van der Waals surface area contributed by atoms with Crippen molar-refractivity contribution >= 4 is 40.6 Å². The molecule has 4 aromatic carbocycles. The van der Waals surface area contributed by atoms with Crippen molar-refractivity contribution in [1.82, 2.24) is 9.47 Å². The molecule has 0 spiro atoms. The molecule has 0 saturated heterocycles. The first kappa shape index (κ1) is 27.4. The molecule has 1 N–H and O–H groups in total. The van der Waals surface area contributed by atoms with Crippen LogP contribution in [0, 0.1) is 0 Å². The fourth-order valence-corrected chi connectivity index (χ4v) is 5.96. The average Bonchev–Trinajstić information content (AvgIpc) is 3.56. The molecule has 1 aromatic heterocycles. The molecular weight excluding hydrogens is 529 g/mol. The van der Waals surface area contributed by atoms with E-state index in [4.69, 9.17) is 9.65 Å². The third-order valence-electron chi connectivity index (χ3n) is 9.01. The van der Waals surface area contributed by atoms with Crippen molar-refractivity contribution in [2.24, 2.45) is 4.99 Å². The Hall–Kier alpha value is -4.39. The van der Waals surface area contributed by atoms with Gasteiger partial charge in [0.2, 0.25) is 0 Å². The molecule has 5 nitrogen and oxygen atoms in total. The molecule has 0 fully saturated rings. The van der Waals surface area contributed by atoms with E-state index < -0.39 is 11.2 Å². The summed E-state index contributed by atoms with van der Waals surface area (Å²) in [5.74, 6) is 0.954. The molecule has 2 aliphatic heterocycles. The predicted molar refractivity (Wildman–Crippen MR) is 177 cm³/mol. The predicted octanol–water partition coefficient (Wildman–Crippen LogP) is 7.17. The number of nitrogens with zero attached hydrogens (tertiary/aromatic N) is 3. The molecule has 2 unspecified atom stereocenters. The van der Waals surface area contributed by atoms with E-state index >= 15 is 0 Å².